The van der Waals surface area contributed by atoms with Gasteiger partial charge in [-0.1, -0.05) is 170 Å². The van der Waals surface area contributed by atoms with Crippen LogP contribution in [0, 0.1) is 0 Å². The summed E-state index contributed by atoms with van der Waals surface area (Å²) in [7, 11) is 0. The summed E-state index contributed by atoms with van der Waals surface area (Å²) in [5.74, 6) is 0. The quantitative estimate of drug-likeness (QED) is 0.161. The molecule has 12 aromatic rings. The van der Waals surface area contributed by atoms with E-state index < -0.39 is 0 Å². The van der Waals surface area contributed by atoms with Crippen LogP contribution in [0.4, 0.5) is 17.1 Å². The third kappa shape index (κ3) is 5.82. The highest BCUT2D eigenvalue weighted by Crippen LogP contribution is 2.42. The van der Waals surface area contributed by atoms with Crippen LogP contribution in [0.25, 0.3) is 93.6 Å². The maximum Gasteiger partial charge on any atom is 0.143 e. The second-order valence-electron chi connectivity index (χ2n) is 15.7. The van der Waals surface area contributed by atoms with Crippen LogP contribution in [0.3, 0.4) is 0 Å². The summed E-state index contributed by atoms with van der Waals surface area (Å²) in [5, 5.41) is 7.27. The second-order valence-corrected chi connectivity index (χ2v) is 15.7. The van der Waals surface area contributed by atoms with Crippen LogP contribution in [0.2, 0.25) is 0 Å². The molecule has 3 heteroatoms. The van der Waals surface area contributed by atoms with Crippen molar-refractivity contribution in [2.75, 3.05) is 4.90 Å². The molecule has 0 unspecified atom stereocenters. The Bertz CT molecular complexity index is 3520. The molecule has 0 spiro atoms. The van der Waals surface area contributed by atoms with Crippen molar-refractivity contribution < 1.29 is 4.42 Å². The maximum absolute atomic E-state index is 6.44. The summed E-state index contributed by atoms with van der Waals surface area (Å²) in [6, 6.07) is 82.9. The smallest absolute Gasteiger partial charge is 0.143 e. The van der Waals surface area contributed by atoms with Crippen LogP contribution in [0.1, 0.15) is 0 Å². The van der Waals surface area contributed by atoms with Gasteiger partial charge in [0.2, 0.25) is 0 Å². The van der Waals surface area contributed by atoms with Crippen molar-refractivity contribution in [3.05, 3.63) is 231 Å². The van der Waals surface area contributed by atoms with E-state index in [1.165, 1.54) is 49.3 Å². The third-order valence-corrected chi connectivity index (χ3v) is 12.2. The van der Waals surface area contributed by atoms with Gasteiger partial charge in [0.05, 0.1) is 16.7 Å². The maximum atomic E-state index is 6.44. The fourth-order valence-corrected chi connectivity index (χ4v) is 9.36. The van der Waals surface area contributed by atoms with Crippen LogP contribution in [-0.2, 0) is 0 Å². The summed E-state index contributed by atoms with van der Waals surface area (Å²) in [6.07, 6.45) is 0. The largest absolute Gasteiger partial charge is 0.455 e. The molecule has 3 nitrogen and oxygen atoms in total. The molecule has 0 aliphatic carbocycles. The molecule has 0 fully saturated rings. The molecule has 2 aromatic heterocycles. The molecule has 0 N–H and O–H groups in total. The van der Waals surface area contributed by atoms with E-state index in [1.807, 2.05) is 12.1 Å². The monoisotopic (exact) mass is 778 g/mol. The zero-order valence-corrected chi connectivity index (χ0v) is 33.2. The number of hydrogen-bond acceptors (Lipinski definition) is 2. The molecule has 0 atom stereocenters. The van der Waals surface area contributed by atoms with Gasteiger partial charge in [-0.3, -0.25) is 0 Å². The molecule has 0 saturated carbocycles. The minimum Gasteiger partial charge on any atom is -0.455 e. The van der Waals surface area contributed by atoms with E-state index in [4.69, 9.17) is 4.42 Å². The highest BCUT2D eigenvalue weighted by atomic mass is 16.3. The van der Waals surface area contributed by atoms with E-state index in [0.717, 1.165) is 61.4 Å². The lowest BCUT2D eigenvalue weighted by atomic mass is 9.98. The van der Waals surface area contributed by atoms with Crippen LogP contribution < -0.4 is 4.90 Å². The highest BCUT2D eigenvalue weighted by molar-refractivity contribution is 6.11. The molecule has 0 saturated heterocycles. The van der Waals surface area contributed by atoms with Crippen molar-refractivity contribution in [1.29, 1.82) is 0 Å². The Morgan fingerprint density at radius 3 is 1.43 bits per heavy atom. The standard InChI is InChI=1S/C58H38N2O/c1-2-15-46-39(13-1)14-11-20-47(46)40-27-33-43(34-28-40)59(45-37-31-42(32-38-45)49-21-12-22-53-52-19-6-10-26-57(52)61-58(49)53)44-35-29-41(30-36-44)48-16-3-7-23-54(48)60-55-24-8-4-17-50(55)51-18-5-9-25-56(51)60/h1-38H. The van der Waals surface area contributed by atoms with Crippen molar-refractivity contribution >= 4 is 71.6 Å². The molecular weight excluding hydrogens is 741 g/mol. The van der Waals surface area contributed by atoms with Gasteiger partial charge in [0.15, 0.2) is 0 Å². The lowest BCUT2D eigenvalue weighted by Crippen LogP contribution is -2.09. The first-order valence-corrected chi connectivity index (χ1v) is 20.8. The molecule has 0 aliphatic rings. The fourth-order valence-electron chi connectivity index (χ4n) is 9.36. The number of para-hydroxylation sites is 5. The van der Waals surface area contributed by atoms with Crippen LogP contribution in [0.5, 0.6) is 0 Å². The molecule has 0 radical (unpaired) electrons. The summed E-state index contributed by atoms with van der Waals surface area (Å²) >= 11 is 0. The number of aromatic nitrogens is 1. The van der Waals surface area contributed by atoms with E-state index >= 15 is 0 Å². The Labute approximate surface area is 353 Å². The molecule has 0 amide bonds. The fraction of sp³-hybridized carbons (Fsp3) is 0. The summed E-state index contributed by atoms with van der Waals surface area (Å²) in [4.78, 5) is 2.35. The van der Waals surface area contributed by atoms with Crippen molar-refractivity contribution in [2.45, 2.75) is 0 Å². The van der Waals surface area contributed by atoms with E-state index in [9.17, 15) is 0 Å². The molecule has 0 aliphatic heterocycles. The van der Waals surface area contributed by atoms with Gasteiger partial charge in [-0.15, -0.1) is 0 Å². The number of anilines is 3. The van der Waals surface area contributed by atoms with Gasteiger partial charge >= 0.3 is 0 Å². The predicted octanol–water partition coefficient (Wildman–Crippen LogP) is 16.3. The molecule has 286 valence electrons. The van der Waals surface area contributed by atoms with Crippen LogP contribution in [-0.4, -0.2) is 4.57 Å². The van der Waals surface area contributed by atoms with Crippen molar-refractivity contribution in [1.82, 2.24) is 4.57 Å². The zero-order valence-electron chi connectivity index (χ0n) is 33.2. The molecular formula is C58H38N2O. The first-order valence-electron chi connectivity index (χ1n) is 20.8. The highest BCUT2D eigenvalue weighted by Gasteiger charge is 2.18. The van der Waals surface area contributed by atoms with Crippen LogP contribution in [0.15, 0.2) is 235 Å². The molecule has 2 heterocycles. The van der Waals surface area contributed by atoms with E-state index in [2.05, 4.69) is 228 Å². The van der Waals surface area contributed by atoms with E-state index in [0.29, 0.717) is 0 Å². The first-order chi connectivity index (χ1) is 30.3. The number of rotatable bonds is 7. The zero-order chi connectivity index (χ0) is 40.3. The van der Waals surface area contributed by atoms with Crippen molar-refractivity contribution in [2.24, 2.45) is 0 Å². The van der Waals surface area contributed by atoms with Crippen LogP contribution >= 0.6 is 0 Å². The van der Waals surface area contributed by atoms with Gasteiger partial charge < -0.3 is 13.9 Å². The summed E-state index contributed by atoms with van der Waals surface area (Å²) < 4.78 is 8.85. The lowest BCUT2D eigenvalue weighted by Gasteiger charge is -2.26. The molecule has 61 heavy (non-hydrogen) atoms. The molecule has 10 aromatic carbocycles. The summed E-state index contributed by atoms with van der Waals surface area (Å²) in [6.45, 7) is 0. The average Bonchev–Trinajstić information content (AvgIpc) is 3.88. The van der Waals surface area contributed by atoms with Crippen molar-refractivity contribution in [3.8, 4) is 39.1 Å². The Kier molecular flexibility index (Phi) is 8.17. The van der Waals surface area contributed by atoms with Gasteiger partial charge in [0.1, 0.15) is 11.2 Å². The molecule has 0 bridgehead atoms. The minimum absolute atomic E-state index is 0.904. The topological polar surface area (TPSA) is 21.3 Å². The average molecular weight is 779 g/mol. The SMILES string of the molecule is c1ccc(-n2c3ccccc3c3ccccc32)c(-c2ccc(N(c3ccc(-c4cccc5ccccc45)cc3)c3ccc(-c4cccc5c4oc4ccccc45)cc3)cc2)c1. The normalized spacial score (nSPS) is 11.6. The Morgan fingerprint density at radius 1 is 0.311 bits per heavy atom. The predicted molar refractivity (Wildman–Crippen MR) is 257 cm³/mol. The Balaban J connectivity index is 0.961. The lowest BCUT2D eigenvalue weighted by molar-refractivity contribution is 0.670. The van der Waals surface area contributed by atoms with Crippen molar-refractivity contribution in [3.63, 3.8) is 0 Å². The van der Waals surface area contributed by atoms with Gasteiger partial charge in [0.25, 0.3) is 0 Å². The van der Waals surface area contributed by atoms with Gasteiger partial charge in [-0.05, 0) is 93.7 Å². The summed E-state index contributed by atoms with van der Waals surface area (Å²) in [5.41, 5.74) is 15.5. The van der Waals surface area contributed by atoms with Gasteiger partial charge in [-0.25, -0.2) is 0 Å². The number of nitrogens with zero attached hydrogens (tertiary/aromatic N) is 2. The second kappa shape index (κ2) is 14.3. The van der Waals surface area contributed by atoms with E-state index in [-0.39, 0.29) is 0 Å². The van der Waals surface area contributed by atoms with Gasteiger partial charge in [0, 0.05) is 49.7 Å². The Morgan fingerprint density at radius 2 is 0.754 bits per heavy atom. The minimum atomic E-state index is 0.904. The number of fused-ring (bicyclic) bond motifs is 7. The third-order valence-electron chi connectivity index (χ3n) is 12.2. The first kappa shape index (κ1) is 34.9. The number of benzene rings is 10. The number of furan rings is 1. The molecule has 12 rings (SSSR count). The number of hydrogen-bond donors (Lipinski definition) is 0. The Hall–Kier alpha value is -8.14. The van der Waals surface area contributed by atoms with E-state index in [1.54, 1.807) is 0 Å². The van der Waals surface area contributed by atoms with Gasteiger partial charge in [-0.2, -0.15) is 0 Å².